The Morgan fingerprint density at radius 3 is 2.56 bits per heavy atom. The topological polar surface area (TPSA) is 59.5 Å². The van der Waals surface area contributed by atoms with Gasteiger partial charge in [0.1, 0.15) is 18.0 Å². The predicted octanol–water partition coefficient (Wildman–Crippen LogP) is 2.50. The molecule has 0 aliphatic carbocycles. The monoisotopic (exact) mass is 342 g/mol. The van der Waals surface area contributed by atoms with Gasteiger partial charge in [-0.1, -0.05) is 17.7 Å². The molecule has 1 aliphatic heterocycles. The van der Waals surface area contributed by atoms with Gasteiger partial charge in [0.05, 0.1) is 0 Å². The highest BCUT2D eigenvalue weighted by molar-refractivity contribution is 5.26. The quantitative estimate of drug-likeness (QED) is 0.834. The number of hydrogen-bond acceptors (Lipinski definition) is 6. The van der Waals surface area contributed by atoms with Crippen LogP contribution >= 0.6 is 0 Å². The van der Waals surface area contributed by atoms with Gasteiger partial charge in [-0.05, 0) is 25.5 Å². The number of ether oxygens (including phenoxy) is 2. The Balaban J connectivity index is 1.56. The number of rotatable bonds is 7. The third kappa shape index (κ3) is 4.46. The van der Waals surface area contributed by atoms with E-state index in [1.165, 1.54) is 5.56 Å². The largest absolute Gasteiger partial charge is 0.491 e. The molecule has 1 aliphatic rings. The van der Waals surface area contributed by atoms with Crippen LogP contribution < -0.4 is 10.1 Å². The van der Waals surface area contributed by atoms with E-state index in [0.717, 1.165) is 37.4 Å². The molecular formula is C19H26N4O2. The Morgan fingerprint density at radius 2 is 1.92 bits per heavy atom. The molecule has 1 aromatic carbocycles. The average Bonchev–Trinajstić information content (AvgIpc) is 3.05. The normalized spacial score (nSPS) is 20.6. The van der Waals surface area contributed by atoms with Gasteiger partial charge >= 0.3 is 0 Å². The molecule has 3 rings (SSSR count). The average molecular weight is 342 g/mol. The number of anilines is 1. The minimum Gasteiger partial charge on any atom is -0.491 e. The Bertz CT molecular complexity index is 675. The first-order chi connectivity index (χ1) is 12.1. The first-order valence-electron chi connectivity index (χ1n) is 8.58. The van der Waals surface area contributed by atoms with Crippen molar-refractivity contribution >= 4 is 5.95 Å². The highest BCUT2D eigenvalue weighted by Crippen LogP contribution is 2.27. The summed E-state index contributed by atoms with van der Waals surface area (Å²) in [6, 6.07) is 8.13. The highest BCUT2D eigenvalue weighted by Gasteiger charge is 2.39. The summed E-state index contributed by atoms with van der Waals surface area (Å²) < 4.78 is 11.8. The SMILES string of the molecule is CNc1ncc(CN2CC[C@@](COc3ccc(C)cc3)(OC)C2)cn1. The molecule has 1 aromatic heterocycles. The number of methoxy groups -OCH3 is 1. The molecule has 0 bridgehead atoms. The Labute approximate surface area is 149 Å². The van der Waals surface area contributed by atoms with Crippen LogP contribution in [0.4, 0.5) is 5.95 Å². The molecule has 25 heavy (non-hydrogen) atoms. The number of hydrogen-bond donors (Lipinski definition) is 1. The van der Waals surface area contributed by atoms with Crippen LogP contribution in [0.15, 0.2) is 36.7 Å². The van der Waals surface area contributed by atoms with Crippen molar-refractivity contribution in [2.75, 3.05) is 39.2 Å². The van der Waals surface area contributed by atoms with Gasteiger partial charge < -0.3 is 14.8 Å². The zero-order valence-electron chi connectivity index (χ0n) is 15.2. The number of likely N-dealkylation sites (tertiary alicyclic amines) is 1. The third-order valence-corrected chi connectivity index (χ3v) is 4.69. The fraction of sp³-hybridized carbons (Fsp3) is 0.474. The van der Waals surface area contributed by atoms with Crippen molar-refractivity contribution in [3.05, 3.63) is 47.8 Å². The van der Waals surface area contributed by atoms with E-state index in [1.807, 2.05) is 31.6 Å². The van der Waals surface area contributed by atoms with Crippen LogP contribution in [0.3, 0.4) is 0 Å². The molecule has 134 valence electrons. The van der Waals surface area contributed by atoms with Crippen LogP contribution in [0.25, 0.3) is 0 Å². The summed E-state index contributed by atoms with van der Waals surface area (Å²) in [7, 11) is 3.59. The molecule has 0 unspecified atom stereocenters. The van der Waals surface area contributed by atoms with Crippen molar-refractivity contribution in [1.82, 2.24) is 14.9 Å². The van der Waals surface area contributed by atoms with Crippen LogP contribution in [0.1, 0.15) is 17.5 Å². The van der Waals surface area contributed by atoms with Gasteiger partial charge in [0, 0.05) is 51.7 Å². The fourth-order valence-electron chi connectivity index (χ4n) is 3.08. The summed E-state index contributed by atoms with van der Waals surface area (Å²) in [4.78, 5) is 10.9. The molecule has 0 radical (unpaired) electrons. The molecule has 2 aromatic rings. The maximum absolute atomic E-state index is 5.98. The van der Waals surface area contributed by atoms with Crippen LogP contribution in [0.2, 0.25) is 0 Å². The van der Waals surface area contributed by atoms with Crippen molar-refractivity contribution in [1.29, 1.82) is 0 Å². The highest BCUT2D eigenvalue weighted by atomic mass is 16.5. The van der Waals surface area contributed by atoms with E-state index >= 15 is 0 Å². The lowest BCUT2D eigenvalue weighted by atomic mass is 10.0. The summed E-state index contributed by atoms with van der Waals surface area (Å²) in [6.45, 7) is 5.25. The number of nitrogens with zero attached hydrogens (tertiary/aromatic N) is 3. The van der Waals surface area contributed by atoms with Crippen LogP contribution in [0.5, 0.6) is 5.75 Å². The van der Waals surface area contributed by atoms with Gasteiger partial charge in [-0.3, -0.25) is 4.90 Å². The summed E-state index contributed by atoms with van der Waals surface area (Å²) in [5.74, 6) is 1.53. The van der Waals surface area contributed by atoms with E-state index in [9.17, 15) is 0 Å². The second-order valence-electron chi connectivity index (χ2n) is 6.61. The number of nitrogens with one attached hydrogen (secondary N) is 1. The minimum atomic E-state index is -0.267. The standard InChI is InChI=1S/C19H26N4O2/c1-15-4-6-17(7-5-15)25-14-19(24-3)8-9-23(13-19)12-16-10-21-18(20-2)22-11-16/h4-7,10-11H,8-9,12-14H2,1-3H3,(H,20,21,22)/t19-/m1/s1. The fourth-order valence-corrected chi connectivity index (χ4v) is 3.08. The van der Waals surface area contributed by atoms with Gasteiger partial charge in [0.15, 0.2) is 0 Å². The van der Waals surface area contributed by atoms with Crippen LogP contribution in [-0.2, 0) is 11.3 Å². The molecule has 1 saturated heterocycles. The summed E-state index contributed by atoms with van der Waals surface area (Å²) in [5, 5.41) is 2.93. The maximum atomic E-state index is 5.98. The van der Waals surface area contributed by atoms with E-state index in [2.05, 4.69) is 39.2 Å². The number of aromatic nitrogens is 2. The van der Waals surface area contributed by atoms with Crippen molar-refractivity contribution in [3.63, 3.8) is 0 Å². The zero-order chi connectivity index (χ0) is 17.7. The number of benzene rings is 1. The van der Waals surface area contributed by atoms with Gasteiger partial charge in [-0.15, -0.1) is 0 Å². The van der Waals surface area contributed by atoms with Crippen LogP contribution in [-0.4, -0.2) is 54.3 Å². The molecule has 1 atom stereocenters. The van der Waals surface area contributed by atoms with E-state index in [4.69, 9.17) is 9.47 Å². The molecule has 0 spiro atoms. The van der Waals surface area contributed by atoms with Crippen LogP contribution in [0, 0.1) is 6.92 Å². The third-order valence-electron chi connectivity index (χ3n) is 4.69. The minimum absolute atomic E-state index is 0.267. The molecular weight excluding hydrogens is 316 g/mol. The molecule has 1 N–H and O–H groups in total. The Kier molecular flexibility index (Phi) is 5.50. The van der Waals surface area contributed by atoms with Gasteiger partial charge in [0.25, 0.3) is 0 Å². The molecule has 6 nitrogen and oxygen atoms in total. The molecule has 2 heterocycles. The van der Waals surface area contributed by atoms with E-state index in [1.54, 1.807) is 7.11 Å². The second-order valence-corrected chi connectivity index (χ2v) is 6.61. The van der Waals surface area contributed by atoms with Crippen molar-refractivity contribution in [3.8, 4) is 5.75 Å². The molecule has 1 fully saturated rings. The van der Waals surface area contributed by atoms with Crippen molar-refractivity contribution in [2.45, 2.75) is 25.5 Å². The summed E-state index contributed by atoms with van der Waals surface area (Å²) in [5.41, 5.74) is 2.06. The smallest absolute Gasteiger partial charge is 0.222 e. The van der Waals surface area contributed by atoms with Gasteiger partial charge in [-0.25, -0.2) is 9.97 Å². The van der Waals surface area contributed by atoms with Crippen molar-refractivity contribution < 1.29 is 9.47 Å². The van der Waals surface area contributed by atoms with Crippen molar-refractivity contribution in [2.24, 2.45) is 0 Å². The zero-order valence-corrected chi connectivity index (χ0v) is 15.2. The van der Waals surface area contributed by atoms with E-state index in [0.29, 0.717) is 12.6 Å². The van der Waals surface area contributed by atoms with E-state index < -0.39 is 0 Å². The first kappa shape index (κ1) is 17.6. The number of aryl methyl sites for hydroxylation is 1. The van der Waals surface area contributed by atoms with Gasteiger partial charge in [0.2, 0.25) is 5.95 Å². The first-order valence-corrected chi connectivity index (χ1v) is 8.58. The van der Waals surface area contributed by atoms with E-state index in [-0.39, 0.29) is 5.60 Å². The molecule has 0 saturated carbocycles. The lowest BCUT2D eigenvalue weighted by molar-refractivity contribution is -0.0359. The predicted molar refractivity (Wildman–Crippen MR) is 97.9 cm³/mol. The molecule has 0 amide bonds. The maximum Gasteiger partial charge on any atom is 0.222 e. The Morgan fingerprint density at radius 1 is 1.20 bits per heavy atom. The van der Waals surface area contributed by atoms with Gasteiger partial charge in [-0.2, -0.15) is 0 Å². The molecule has 6 heteroatoms. The Hall–Kier alpha value is -2.18. The summed E-state index contributed by atoms with van der Waals surface area (Å²) in [6.07, 6.45) is 4.69. The second kappa shape index (κ2) is 7.80. The lowest BCUT2D eigenvalue weighted by Crippen LogP contribution is -2.41. The lowest BCUT2D eigenvalue weighted by Gasteiger charge is -2.28. The summed E-state index contributed by atoms with van der Waals surface area (Å²) >= 11 is 0.